The summed E-state index contributed by atoms with van der Waals surface area (Å²) in [6.45, 7) is 0.534. The van der Waals surface area contributed by atoms with Gasteiger partial charge in [0.1, 0.15) is 0 Å². The number of hydrogen-bond acceptors (Lipinski definition) is 2. The topological polar surface area (TPSA) is 70.2 Å². The Labute approximate surface area is 70.9 Å². The maximum atomic E-state index is 10.8. The standard InChI is InChI=1S/C7H13N3O2/c1-8-7(12)10-5-2-3-6(11)9-4-5/h5H,2-4H2,1H3,(H,9,11)(H2,8,10,12). The molecule has 68 valence electrons. The number of carbonyl (C=O) groups is 2. The van der Waals surface area contributed by atoms with Crippen LogP contribution in [-0.2, 0) is 4.79 Å². The molecule has 3 amide bonds. The molecule has 0 saturated carbocycles. The second-order valence-corrected chi connectivity index (χ2v) is 2.76. The number of piperidine rings is 1. The van der Waals surface area contributed by atoms with Crippen molar-refractivity contribution in [2.45, 2.75) is 18.9 Å². The number of amides is 3. The van der Waals surface area contributed by atoms with Gasteiger partial charge >= 0.3 is 6.03 Å². The summed E-state index contributed by atoms with van der Waals surface area (Å²) in [5, 5.41) is 7.87. The van der Waals surface area contributed by atoms with Gasteiger partial charge in [0.15, 0.2) is 0 Å². The second kappa shape index (κ2) is 3.94. The summed E-state index contributed by atoms with van der Waals surface area (Å²) in [6.07, 6.45) is 1.22. The summed E-state index contributed by atoms with van der Waals surface area (Å²) >= 11 is 0. The smallest absolute Gasteiger partial charge is 0.314 e. The van der Waals surface area contributed by atoms with Crippen LogP contribution in [0.5, 0.6) is 0 Å². The summed E-state index contributed by atoms with van der Waals surface area (Å²) in [5.74, 6) is 0.0601. The maximum Gasteiger partial charge on any atom is 0.314 e. The van der Waals surface area contributed by atoms with Crippen molar-refractivity contribution in [3.63, 3.8) is 0 Å². The van der Waals surface area contributed by atoms with Crippen LogP contribution in [-0.4, -0.2) is 31.6 Å². The molecule has 0 bridgehead atoms. The fourth-order valence-electron chi connectivity index (χ4n) is 1.11. The summed E-state index contributed by atoms with van der Waals surface area (Å²) in [5.41, 5.74) is 0. The van der Waals surface area contributed by atoms with Gasteiger partial charge in [-0.2, -0.15) is 0 Å². The van der Waals surface area contributed by atoms with Gasteiger partial charge in [0.05, 0.1) is 0 Å². The lowest BCUT2D eigenvalue weighted by molar-refractivity contribution is -0.122. The lowest BCUT2D eigenvalue weighted by Gasteiger charge is -2.22. The fraction of sp³-hybridized carbons (Fsp3) is 0.714. The van der Waals surface area contributed by atoms with Gasteiger partial charge in [-0.1, -0.05) is 0 Å². The lowest BCUT2D eigenvalue weighted by Crippen LogP contribution is -2.49. The molecule has 12 heavy (non-hydrogen) atoms. The van der Waals surface area contributed by atoms with Crippen LogP contribution < -0.4 is 16.0 Å². The van der Waals surface area contributed by atoms with Crippen molar-refractivity contribution in [3.05, 3.63) is 0 Å². The van der Waals surface area contributed by atoms with E-state index in [1.165, 1.54) is 0 Å². The zero-order chi connectivity index (χ0) is 8.97. The van der Waals surface area contributed by atoms with Crippen LogP contribution in [0.1, 0.15) is 12.8 Å². The zero-order valence-corrected chi connectivity index (χ0v) is 7.02. The molecular formula is C7H13N3O2. The summed E-state index contributed by atoms with van der Waals surface area (Å²) in [4.78, 5) is 21.6. The highest BCUT2D eigenvalue weighted by Gasteiger charge is 2.18. The molecule has 0 aliphatic carbocycles. The fourth-order valence-corrected chi connectivity index (χ4v) is 1.11. The van der Waals surface area contributed by atoms with Gasteiger partial charge in [-0.3, -0.25) is 4.79 Å². The molecule has 1 saturated heterocycles. The highest BCUT2D eigenvalue weighted by atomic mass is 16.2. The summed E-state index contributed by atoms with van der Waals surface area (Å²) < 4.78 is 0. The van der Waals surface area contributed by atoms with E-state index < -0.39 is 0 Å². The lowest BCUT2D eigenvalue weighted by atomic mass is 10.1. The van der Waals surface area contributed by atoms with E-state index in [0.29, 0.717) is 13.0 Å². The number of carbonyl (C=O) groups excluding carboxylic acids is 2. The van der Waals surface area contributed by atoms with Crippen LogP contribution in [0.2, 0.25) is 0 Å². The quantitative estimate of drug-likeness (QED) is 0.483. The molecule has 1 atom stereocenters. The SMILES string of the molecule is CNC(=O)NC1CCC(=O)NC1. The van der Waals surface area contributed by atoms with Crippen LogP contribution in [0, 0.1) is 0 Å². The van der Waals surface area contributed by atoms with Crippen LogP contribution in [0.25, 0.3) is 0 Å². The first-order valence-corrected chi connectivity index (χ1v) is 3.97. The third-order valence-corrected chi connectivity index (χ3v) is 1.83. The van der Waals surface area contributed by atoms with E-state index in [1.807, 2.05) is 0 Å². The Balaban J connectivity index is 2.26. The molecule has 3 N–H and O–H groups in total. The van der Waals surface area contributed by atoms with Gasteiger partial charge in [-0.05, 0) is 6.42 Å². The number of nitrogens with one attached hydrogen (secondary N) is 3. The van der Waals surface area contributed by atoms with Crippen molar-refractivity contribution in [1.82, 2.24) is 16.0 Å². The van der Waals surface area contributed by atoms with E-state index in [2.05, 4.69) is 16.0 Å². The maximum absolute atomic E-state index is 10.8. The molecule has 1 aliphatic rings. The number of rotatable bonds is 1. The van der Waals surface area contributed by atoms with Gasteiger partial charge in [0.2, 0.25) is 5.91 Å². The van der Waals surface area contributed by atoms with Gasteiger partial charge in [0.25, 0.3) is 0 Å². The van der Waals surface area contributed by atoms with E-state index in [-0.39, 0.29) is 18.0 Å². The molecular weight excluding hydrogens is 158 g/mol. The predicted molar refractivity (Wildman–Crippen MR) is 43.6 cm³/mol. The third-order valence-electron chi connectivity index (χ3n) is 1.83. The third kappa shape index (κ3) is 2.41. The molecule has 0 aromatic carbocycles. The minimum absolute atomic E-state index is 0.0601. The Morgan fingerprint density at radius 3 is 2.92 bits per heavy atom. The first-order chi connectivity index (χ1) is 5.72. The highest BCUT2D eigenvalue weighted by molar-refractivity contribution is 5.78. The number of hydrogen-bond donors (Lipinski definition) is 3. The first kappa shape index (κ1) is 8.83. The van der Waals surface area contributed by atoms with Crippen molar-refractivity contribution < 1.29 is 9.59 Å². The summed E-state index contributed by atoms with van der Waals surface area (Å²) in [6, 6.07) is -0.126. The second-order valence-electron chi connectivity index (χ2n) is 2.76. The molecule has 5 heteroatoms. The highest BCUT2D eigenvalue weighted by Crippen LogP contribution is 2.01. The van der Waals surface area contributed by atoms with Gasteiger partial charge in [-0.15, -0.1) is 0 Å². The van der Waals surface area contributed by atoms with Crippen molar-refractivity contribution >= 4 is 11.9 Å². The molecule has 0 aromatic heterocycles. The van der Waals surface area contributed by atoms with Crippen LogP contribution >= 0.6 is 0 Å². The van der Waals surface area contributed by atoms with Gasteiger partial charge in [0, 0.05) is 26.1 Å². The van der Waals surface area contributed by atoms with E-state index >= 15 is 0 Å². The molecule has 1 fully saturated rings. The van der Waals surface area contributed by atoms with Crippen LogP contribution in [0.4, 0.5) is 4.79 Å². The molecule has 0 spiro atoms. The Morgan fingerprint density at radius 1 is 1.67 bits per heavy atom. The van der Waals surface area contributed by atoms with Crippen molar-refractivity contribution in [2.24, 2.45) is 0 Å². The van der Waals surface area contributed by atoms with Crippen molar-refractivity contribution in [3.8, 4) is 0 Å². The van der Waals surface area contributed by atoms with E-state index in [4.69, 9.17) is 0 Å². The molecule has 0 radical (unpaired) electrons. The number of urea groups is 1. The Bertz CT molecular complexity index is 183. The monoisotopic (exact) mass is 171 g/mol. The van der Waals surface area contributed by atoms with Gasteiger partial charge < -0.3 is 16.0 Å². The van der Waals surface area contributed by atoms with Crippen molar-refractivity contribution in [1.29, 1.82) is 0 Å². The molecule has 0 aromatic rings. The Kier molecular flexibility index (Phi) is 2.90. The zero-order valence-electron chi connectivity index (χ0n) is 7.02. The Hall–Kier alpha value is -1.26. The largest absolute Gasteiger partial charge is 0.354 e. The van der Waals surface area contributed by atoms with E-state index in [0.717, 1.165) is 6.42 Å². The normalized spacial score (nSPS) is 22.8. The molecule has 1 aliphatic heterocycles. The van der Waals surface area contributed by atoms with E-state index in [9.17, 15) is 9.59 Å². The molecule has 1 unspecified atom stereocenters. The first-order valence-electron chi connectivity index (χ1n) is 3.97. The van der Waals surface area contributed by atoms with Gasteiger partial charge in [-0.25, -0.2) is 4.79 Å². The minimum Gasteiger partial charge on any atom is -0.354 e. The Morgan fingerprint density at radius 2 is 2.42 bits per heavy atom. The van der Waals surface area contributed by atoms with Crippen molar-refractivity contribution in [2.75, 3.05) is 13.6 Å². The summed E-state index contributed by atoms with van der Waals surface area (Å²) in [7, 11) is 1.57. The van der Waals surface area contributed by atoms with Crippen LogP contribution in [0.3, 0.4) is 0 Å². The van der Waals surface area contributed by atoms with Crippen LogP contribution in [0.15, 0.2) is 0 Å². The minimum atomic E-state index is -0.198. The average molecular weight is 171 g/mol. The predicted octanol–water partition coefficient (Wildman–Crippen LogP) is -0.806. The van der Waals surface area contributed by atoms with E-state index in [1.54, 1.807) is 7.05 Å². The average Bonchev–Trinajstić information content (AvgIpc) is 2.09. The molecule has 5 nitrogen and oxygen atoms in total. The molecule has 1 heterocycles. The molecule has 1 rings (SSSR count).